The molecule has 0 heterocycles. The molecule has 0 saturated carbocycles. The highest BCUT2D eigenvalue weighted by atomic mass is 16.6. The Morgan fingerprint density at radius 1 is 0.857 bits per heavy atom. The van der Waals surface area contributed by atoms with Crippen LogP contribution in [-0.4, -0.2) is 28.8 Å². The maximum Gasteiger partial charge on any atom is 0.338 e. The molecule has 10 heteroatoms. The number of nitro benzene ring substituents is 2. The van der Waals surface area contributed by atoms with Crippen molar-refractivity contribution in [2.24, 2.45) is 0 Å². The van der Waals surface area contributed by atoms with Gasteiger partial charge in [0.15, 0.2) is 0 Å². The smallest absolute Gasteiger partial charge is 0.338 e. The van der Waals surface area contributed by atoms with E-state index in [1.165, 1.54) is 53.4 Å². The molecule has 3 rings (SSSR count). The zero-order chi connectivity index (χ0) is 25.5. The molecule has 35 heavy (non-hydrogen) atoms. The zero-order valence-electron chi connectivity index (χ0n) is 19.1. The first-order valence-electron chi connectivity index (χ1n) is 10.8. The van der Waals surface area contributed by atoms with Crippen molar-refractivity contribution >= 4 is 28.9 Å². The van der Waals surface area contributed by atoms with Crippen LogP contribution < -0.4 is 4.90 Å². The topological polar surface area (TPSA) is 133 Å². The number of para-hydroxylation sites is 1. The number of benzene rings is 3. The molecule has 3 aromatic rings. The van der Waals surface area contributed by atoms with Gasteiger partial charge in [0.25, 0.3) is 17.3 Å². The first kappa shape index (κ1) is 25.0. The quantitative estimate of drug-likeness (QED) is 0.226. The molecule has 10 nitrogen and oxygen atoms in total. The average molecular weight is 477 g/mol. The minimum absolute atomic E-state index is 0.120. The van der Waals surface area contributed by atoms with Crippen molar-refractivity contribution in [3.05, 3.63) is 110 Å². The van der Waals surface area contributed by atoms with Gasteiger partial charge in [-0.25, -0.2) is 4.79 Å². The molecule has 1 atom stereocenters. The van der Waals surface area contributed by atoms with E-state index in [0.29, 0.717) is 24.1 Å². The number of nitrogens with zero attached hydrogens (tertiary/aromatic N) is 3. The van der Waals surface area contributed by atoms with E-state index in [-0.39, 0.29) is 28.4 Å². The summed E-state index contributed by atoms with van der Waals surface area (Å²) >= 11 is 0. The van der Waals surface area contributed by atoms with Gasteiger partial charge in [-0.1, -0.05) is 31.5 Å². The van der Waals surface area contributed by atoms with E-state index in [1.54, 1.807) is 31.3 Å². The van der Waals surface area contributed by atoms with E-state index in [1.807, 2.05) is 6.92 Å². The van der Waals surface area contributed by atoms with Crippen molar-refractivity contribution in [1.82, 2.24) is 0 Å². The van der Waals surface area contributed by atoms with Gasteiger partial charge in [0.05, 0.1) is 21.1 Å². The lowest BCUT2D eigenvalue weighted by molar-refractivity contribution is -0.385. The van der Waals surface area contributed by atoms with E-state index < -0.39 is 21.9 Å². The van der Waals surface area contributed by atoms with E-state index >= 15 is 0 Å². The number of esters is 1. The van der Waals surface area contributed by atoms with E-state index in [9.17, 15) is 29.8 Å². The Labute approximate surface area is 201 Å². The van der Waals surface area contributed by atoms with Gasteiger partial charge in [0.2, 0.25) is 0 Å². The summed E-state index contributed by atoms with van der Waals surface area (Å²) in [5.74, 6) is -1.03. The van der Waals surface area contributed by atoms with Gasteiger partial charge in [-0.3, -0.25) is 25.0 Å². The number of nitro groups is 2. The Kier molecular flexibility index (Phi) is 7.88. The van der Waals surface area contributed by atoms with E-state index in [0.717, 1.165) is 0 Å². The van der Waals surface area contributed by atoms with Crippen LogP contribution in [0.3, 0.4) is 0 Å². The number of carbonyl (C=O) groups excluding carboxylic acids is 2. The number of hydrogen-bond donors (Lipinski definition) is 0. The van der Waals surface area contributed by atoms with Crippen molar-refractivity contribution in [3.63, 3.8) is 0 Å². The first-order valence-corrected chi connectivity index (χ1v) is 10.8. The Morgan fingerprint density at radius 3 is 1.89 bits per heavy atom. The third kappa shape index (κ3) is 5.85. The fraction of sp³-hybridized carbons (Fsp3) is 0.200. The highest BCUT2D eigenvalue weighted by Crippen LogP contribution is 2.33. The van der Waals surface area contributed by atoms with Crippen LogP contribution in [0, 0.1) is 20.2 Å². The predicted molar refractivity (Wildman–Crippen MR) is 128 cm³/mol. The van der Waals surface area contributed by atoms with Crippen LogP contribution in [0.2, 0.25) is 0 Å². The lowest BCUT2D eigenvalue weighted by atomic mass is 10.0. The number of rotatable bonds is 9. The Bertz CT molecular complexity index is 1240. The molecular weight excluding hydrogens is 454 g/mol. The molecule has 0 N–H and O–H groups in total. The summed E-state index contributed by atoms with van der Waals surface area (Å²) in [7, 11) is 1.57. The van der Waals surface area contributed by atoms with Crippen molar-refractivity contribution < 1.29 is 24.2 Å². The monoisotopic (exact) mass is 477 g/mol. The normalized spacial score (nSPS) is 11.4. The van der Waals surface area contributed by atoms with Gasteiger partial charge in [-0.05, 0) is 36.8 Å². The molecule has 1 unspecified atom stereocenters. The maximum absolute atomic E-state index is 13.1. The summed E-state index contributed by atoms with van der Waals surface area (Å²) < 4.78 is 5.76. The summed E-state index contributed by atoms with van der Waals surface area (Å²) in [4.78, 5) is 47.9. The second-order valence-corrected chi connectivity index (χ2v) is 7.71. The third-order valence-electron chi connectivity index (χ3n) is 5.39. The van der Waals surface area contributed by atoms with Gasteiger partial charge >= 0.3 is 5.97 Å². The fourth-order valence-electron chi connectivity index (χ4n) is 3.55. The average Bonchev–Trinajstić information content (AvgIpc) is 2.87. The third-order valence-corrected chi connectivity index (χ3v) is 5.39. The van der Waals surface area contributed by atoms with Gasteiger partial charge < -0.3 is 9.64 Å². The Balaban J connectivity index is 1.87. The Hall–Kier alpha value is -4.60. The molecular formula is C25H23N3O7. The SMILES string of the molecule is CCCC(OC(=O)c1ccc([N+](=O)[O-])cc1)c1ccccc1N(C)C(=O)c1ccc([N+](=O)[O-])cc1. The predicted octanol–water partition coefficient (Wildman–Crippen LogP) is 5.48. The second-order valence-electron chi connectivity index (χ2n) is 7.71. The molecule has 0 aliphatic carbocycles. The molecule has 0 saturated heterocycles. The van der Waals surface area contributed by atoms with Crippen molar-refractivity contribution in [3.8, 4) is 0 Å². The minimum Gasteiger partial charge on any atom is -0.454 e. The number of carbonyl (C=O) groups is 2. The lowest BCUT2D eigenvalue weighted by Crippen LogP contribution is -2.28. The summed E-state index contributed by atoms with van der Waals surface area (Å²) in [6, 6.07) is 17.4. The molecule has 180 valence electrons. The number of amides is 1. The van der Waals surface area contributed by atoms with Crippen LogP contribution >= 0.6 is 0 Å². The number of hydrogen-bond acceptors (Lipinski definition) is 7. The summed E-state index contributed by atoms with van der Waals surface area (Å²) in [6.07, 6.45) is 0.494. The fourth-order valence-corrected chi connectivity index (χ4v) is 3.55. The molecule has 0 bridgehead atoms. The van der Waals surface area contributed by atoms with Gasteiger partial charge in [0.1, 0.15) is 6.10 Å². The van der Waals surface area contributed by atoms with Gasteiger partial charge in [-0.15, -0.1) is 0 Å². The molecule has 0 spiro atoms. The molecule has 0 fully saturated rings. The summed E-state index contributed by atoms with van der Waals surface area (Å²) in [6.45, 7) is 1.93. The zero-order valence-corrected chi connectivity index (χ0v) is 19.1. The lowest BCUT2D eigenvalue weighted by Gasteiger charge is -2.25. The van der Waals surface area contributed by atoms with Crippen LogP contribution in [-0.2, 0) is 4.74 Å². The van der Waals surface area contributed by atoms with Crippen LogP contribution in [0.1, 0.15) is 52.1 Å². The van der Waals surface area contributed by atoms with Crippen molar-refractivity contribution in [2.45, 2.75) is 25.9 Å². The van der Waals surface area contributed by atoms with Gasteiger partial charge in [0, 0.05) is 42.4 Å². The highest BCUT2D eigenvalue weighted by molar-refractivity contribution is 6.06. The molecule has 0 radical (unpaired) electrons. The molecule has 0 aliphatic heterocycles. The number of ether oxygens (including phenoxy) is 1. The minimum atomic E-state index is -0.675. The Morgan fingerprint density at radius 2 is 1.37 bits per heavy atom. The number of non-ortho nitro benzene ring substituents is 2. The van der Waals surface area contributed by atoms with E-state index in [4.69, 9.17) is 4.74 Å². The van der Waals surface area contributed by atoms with Crippen LogP contribution in [0.15, 0.2) is 72.8 Å². The summed E-state index contributed by atoms with van der Waals surface area (Å²) in [5, 5.41) is 21.8. The van der Waals surface area contributed by atoms with Gasteiger partial charge in [-0.2, -0.15) is 0 Å². The van der Waals surface area contributed by atoms with Crippen LogP contribution in [0.25, 0.3) is 0 Å². The second kappa shape index (κ2) is 11.0. The van der Waals surface area contributed by atoms with Crippen LogP contribution in [0.5, 0.6) is 0 Å². The van der Waals surface area contributed by atoms with E-state index in [2.05, 4.69) is 0 Å². The standard InChI is InChI=1S/C25H23N3O7/c1-3-6-23(35-25(30)18-11-15-20(16-12-18)28(33)34)21-7-4-5-8-22(21)26(2)24(29)17-9-13-19(14-10-17)27(31)32/h4-5,7-16,23H,3,6H2,1-2H3. The maximum atomic E-state index is 13.1. The molecule has 0 aliphatic rings. The highest BCUT2D eigenvalue weighted by Gasteiger charge is 2.24. The van der Waals surface area contributed by atoms with Crippen molar-refractivity contribution in [1.29, 1.82) is 0 Å². The van der Waals surface area contributed by atoms with Crippen LogP contribution in [0.4, 0.5) is 17.1 Å². The summed E-state index contributed by atoms with van der Waals surface area (Å²) in [5.41, 5.74) is 1.31. The molecule has 1 amide bonds. The number of anilines is 1. The molecule has 0 aromatic heterocycles. The van der Waals surface area contributed by atoms with Crippen molar-refractivity contribution in [2.75, 3.05) is 11.9 Å². The molecule has 3 aromatic carbocycles. The largest absolute Gasteiger partial charge is 0.454 e. The first-order chi connectivity index (χ1) is 16.7.